The lowest BCUT2D eigenvalue weighted by molar-refractivity contribution is 0.0917. The van der Waals surface area contributed by atoms with E-state index >= 15 is 0 Å². The molecule has 0 bridgehead atoms. The number of carbonyl (C=O) groups excluding carboxylic acids is 1. The fourth-order valence-electron chi connectivity index (χ4n) is 2.99. The highest BCUT2D eigenvalue weighted by Gasteiger charge is 2.27. The summed E-state index contributed by atoms with van der Waals surface area (Å²) in [5, 5.41) is 1.11. The highest BCUT2D eigenvalue weighted by atomic mass is 35.5. The number of thiazole rings is 1. The summed E-state index contributed by atoms with van der Waals surface area (Å²) in [6, 6.07) is 11.2. The van der Waals surface area contributed by atoms with E-state index in [2.05, 4.69) is 4.98 Å². The van der Waals surface area contributed by atoms with E-state index in [0.717, 1.165) is 12.8 Å². The summed E-state index contributed by atoms with van der Waals surface area (Å²) in [4.78, 5) is 19.3. The number of fused-ring (bicyclic) bond motifs is 1. The lowest BCUT2D eigenvalue weighted by Gasteiger charge is -2.23. The van der Waals surface area contributed by atoms with Crippen molar-refractivity contribution in [1.82, 2.24) is 4.98 Å². The van der Waals surface area contributed by atoms with Crippen molar-refractivity contribution in [2.45, 2.75) is 18.9 Å². The molecule has 4 rings (SSSR count). The van der Waals surface area contributed by atoms with Gasteiger partial charge in [-0.3, -0.25) is 9.69 Å². The van der Waals surface area contributed by atoms with Crippen molar-refractivity contribution in [2.24, 2.45) is 0 Å². The lowest BCUT2D eigenvalue weighted by Crippen LogP contribution is -2.37. The molecule has 4 nitrogen and oxygen atoms in total. The summed E-state index contributed by atoms with van der Waals surface area (Å²) in [6.45, 7) is 1.13. The average Bonchev–Trinajstić information content (AvgIpc) is 3.28. The molecule has 26 heavy (non-hydrogen) atoms. The molecule has 2 heterocycles. The number of amides is 1. The molecule has 1 amide bonds. The zero-order chi connectivity index (χ0) is 18.1. The van der Waals surface area contributed by atoms with Crippen molar-refractivity contribution in [2.75, 3.05) is 18.1 Å². The van der Waals surface area contributed by atoms with E-state index < -0.39 is 0 Å². The van der Waals surface area contributed by atoms with Gasteiger partial charge < -0.3 is 4.74 Å². The third-order valence-electron chi connectivity index (χ3n) is 4.32. The Morgan fingerprint density at radius 2 is 2.12 bits per heavy atom. The van der Waals surface area contributed by atoms with Gasteiger partial charge in [0.05, 0.1) is 22.9 Å². The van der Waals surface area contributed by atoms with Crippen LogP contribution in [0.4, 0.5) is 9.52 Å². The van der Waals surface area contributed by atoms with Gasteiger partial charge in [-0.15, -0.1) is 0 Å². The number of halogens is 2. The Balaban J connectivity index is 1.70. The fraction of sp³-hybridized carbons (Fsp3) is 0.263. The van der Waals surface area contributed by atoms with E-state index in [9.17, 15) is 9.18 Å². The van der Waals surface area contributed by atoms with Gasteiger partial charge in [-0.05, 0) is 55.3 Å². The van der Waals surface area contributed by atoms with Gasteiger partial charge in [-0.1, -0.05) is 22.9 Å². The first-order valence-electron chi connectivity index (χ1n) is 8.35. The zero-order valence-electron chi connectivity index (χ0n) is 13.8. The Hall–Kier alpha value is -2.02. The van der Waals surface area contributed by atoms with Gasteiger partial charge in [0.1, 0.15) is 5.82 Å². The summed E-state index contributed by atoms with van der Waals surface area (Å²) < 4.78 is 19.9. The number of ether oxygens (including phenoxy) is 1. The number of aromatic nitrogens is 1. The Morgan fingerprint density at radius 3 is 2.85 bits per heavy atom. The van der Waals surface area contributed by atoms with Gasteiger partial charge in [-0.25, -0.2) is 9.37 Å². The van der Waals surface area contributed by atoms with Crippen LogP contribution >= 0.6 is 22.9 Å². The molecule has 2 aromatic carbocycles. The van der Waals surface area contributed by atoms with E-state index in [4.69, 9.17) is 16.3 Å². The Bertz CT molecular complexity index is 938. The van der Waals surface area contributed by atoms with E-state index in [1.807, 2.05) is 0 Å². The number of carbonyl (C=O) groups is 1. The number of nitrogens with zero attached hydrogens (tertiary/aromatic N) is 2. The SMILES string of the molecule is O=C(c1ccc(Cl)cc1)N(CC1CCCO1)c1nc2ccc(F)cc2s1. The molecule has 1 aliphatic heterocycles. The summed E-state index contributed by atoms with van der Waals surface area (Å²) >= 11 is 7.23. The maximum absolute atomic E-state index is 13.5. The molecule has 1 aliphatic rings. The van der Waals surface area contributed by atoms with Crippen molar-refractivity contribution in [3.8, 4) is 0 Å². The monoisotopic (exact) mass is 390 g/mol. The topological polar surface area (TPSA) is 42.4 Å². The van der Waals surface area contributed by atoms with E-state index in [0.29, 0.717) is 39.1 Å². The first-order valence-corrected chi connectivity index (χ1v) is 9.55. The molecule has 1 aromatic heterocycles. The highest BCUT2D eigenvalue weighted by molar-refractivity contribution is 7.22. The first kappa shape index (κ1) is 17.4. The van der Waals surface area contributed by atoms with Gasteiger partial charge in [0.2, 0.25) is 0 Å². The molecule has 1 fully saturated rings. The number of anilines is 1. The largest absolute Gasteiger partial charge is 0.376 e. The summed E-state index contributed by atoms with van der Waals surface area (Å²) in [7, 11) is 0. The minimum atomic E-state index is -0.317. The van der Waals surface area contributed by atoms with Crippen LogP contribution in [-0.4, -0.2) is 30.1 Å². The molecule has 0 aliphatic carbocycles. The molecule has 0 saturated carbocycles. The second-order valence-corrected chi connectivity index (χ2v) is 7.61. The molecule has 1 atom stereocenters. The predicted octanol–water partition coefficient (Wildman–Crippen LogP) is 4.91. The van der Waals surface area contributed by atoms with Crippen LogP contribution in [0.5, 0.6) is 0 Å². The van der Waals surface area contributed by atoms with E-state index in [1.54, 1.807) is 35.2 Å². The van der Waals surface area contributed by atoms with Crippen LogP contribution in [0.2, 0.25) is 5.02 Å². The van der Waals surface area contributed by atoms with Crippen LogP contribution in [0, 0.1) is 5.82 Å². The Kier molecular flexibility index (Phi) is 4.89. The quantitative estimate of drug-likeness (QED) is 0.635. The highest BCUT2D eigenvalue weighted by Crippen LogP contribution is 2.31. The predicted molar refractivity (Wildman–Crippen MR) is 102 cm³/mol. The van der Waals surface area contributed by atoms with Gasteiger partial charge in [-0.2, -0.15) is 0 Å². The molecular weight excluding hydrogens is 375 g/mol. The molecule has 7 heteroatoms. The molecule has 3 aromatic rings. The second kappa shape index (κ2) is 7.31. The van der Waals surface area contributed by atoms with E-state index in [-0.39, 0.29) is 17.8 Å². The number of hydrogen-bond donors (Lipinski definition) is 0. The first-order chi connectivity index (χ1) is 12.6. The zero-order valence-corrected chi connectivity index (χ0v) is 15.4. The van der Waals surface area contributed by atoms with E-state index in [1.165, 1.54) is 23.5 Å². The summed E-state index contributed by atoms with van der Waals surface area (Å²) in [6.07, 6.45) is 1.87. The maximum Gasteiger partial charge on any atom is 0.260 e. The van der Waals surface area contributed by atoms with Crippen molar-refractivity contribution in [3.05, 3.63) is 58.9 Å². The maximum atomic E-state index is 13.5. The minimum Gasteiger partial charge on any atom is -0.376 e. The van der Waals surface area contributed by atoms with Crippen LogP contribution in [0.25, 0.3) is 10.2 Å². The Morgan fingerprint density at radius 1 is 1.31 bits per heavy atom. The molecule has 0 radical (unpaired) electrons. The minimum absolute atomic E-state index is 0.0185. The second-order valence-electron chi connectivity index (χ2n) is 6.17. The van der Waals surface area contributed by atoms with Gasteiger partial charge >= 0.3 is 0 Å². The van der Waals surface area contributed by atoms with Crippen LogP contribution in [-0.2, 0) is 4.74 Å². The third kappa shape index (κ3) is 3.58. The van der Waals surface area contributed by atoms with Crippen LogP contribution < -0.4 is 4.90 Å². The summed E-state index contributed by atoms with van der Waals surface area (Å²) in [5.74, 6) is -0.487. The molecule has 1 unspecified atom stereocenters. The number of rotatable bonds is 4. The summed E-state index contributed by atoms with van der Waals surface area (Å²) in [5.41, 5.74) is 1.20. The van der Waals surface area contributed by atoms with Crippen molar-refractivity contribution in [1.29, 1.82) is 0 Å². The van der Waals surface area contributed by atoms with Gasteiger partial charge in [0, 0.05) is 17.2 Å². The molecule has 1 saturated heterocycles. The lowest BCUT2D eigenvalue weighted by atomic mass is 10.2. The molecule has 0 spiro atoms. The van der Waals surface area contributed by atoms with Gasteiger partial charge in [0.15, 0.2) is 5.13 Å². The van der Waals surface area contributed by atoms with Crippen molar-refractivity contribution < 1.29 is 13.9 Å². The fourth-order valence-corrected chi connectivity index (χ4v) is 4.11. The Labute approximate surface area is 159 Å². The molecule has 0 N–H and O–H groups in total. The van der Waals surface area contributed by atoms with Gasteiger partial charge in [0.25, 0.3) is 5.91 Å². The third-order valence-corrected chi connectivity index (χ3v) is 5.61. The van der Waals surface area contributed by atoms with Crippen LogP contribution in [0.15, 0.2) is 42.5 Å². The van der Waals surface area contributed by atoms with Crippen LogP contribution in [0.3, 0.4) is 0 Å². The number of benzene rings is 2. The average molecular weight is 391 g/mol. The smallest absolute Gasteiger partial charge is 0.260 e. The standard InChI is InChI=1S/C19H16ClFN2O2S/c20-13-5-3-12(4-6-13)18(24)23(11-15-2-1-9-25-15)19-22-16-8-7-14(21)10-17(16)26-19/h3-8,10,15H,1-2,9,11H2. The van der Waals surface area contributed by atoms with Crippen LogP contribution in [0.1, 0.15) is 23.2 Å². The number of hydrogen-bond acceptors (Lipinski definition) is 4. The van der Waals surface area contributed by atoms with Crippen molar-refractivity contribution >= 4 is 44.2 Å². The normalized spacial score (nSPS) is 16.9. The molecule has 134 valence electrons. The van der Waals surface area contributed by atoms with Crippen molar-refractivity contribution in [3.63, 3.8) is 0 Å². The molecular formula is C19H16ClFN2O2S.